The number of phosphoric acid groups is 3. The van der Waals surface area contributed by atoms with Crippen LogP contribution in [0, 0.1) is 0 Å². The summed E-state index contributed by atoms with van der Waals surface area (Å²) < 4.78 is 25.6. The average Bonchev–Trinajstić information content (AvgIpc) is 1.41. The van der Waals surface area contributed by atoms with Gasteiger partial charge in [0.15, 0.2) is 0 Å². The quantitative estimate of drug-likeness (QED) is 0.205. The second kappa shape index (κ2) is 51.4. The molecule has 0 aliphatic heterocycles. The summed E-state index contributed by atoms with van der Waals surface area (Å²) in [5.41, 5.74) is 0. The molecular formula is Cs9O12P3. The largest absolute Gasteiger partial charge is 1.00 e. The summed E-state index contributed by atoms with van der Waals surface area (Å²) in [5.74, 6) is 0. The van der Waals surface area contributed by atoms with E-state index in [-0.39, 0.29) is 620 Å². The Morgan fingerprint density at radius 1 is 0.292 bits per heavy atom. The van der Waals surface area contributed by atoms with Crippen molar-refractivity contribution in [3.05, 3.63) is 0 Å². The van der Waals surface area contributed by atoms with Gasteiger partial charge < -0.3 is 57.7 Å². The van der Waals surface area contributed by atoms with Crippen LogP contribution in [-0.2, 0) is 13.7 Å². The number of hydrogen-bond donors (Lipinski definition) is 0. The summed E-state index contributed by atoms with van der Waals surface area (Å²) in [6.45, 7) is 0. The van der Waals surface area contributed by atoms with Crippen molar-refractivity contribution in [2.75, 3.05) is 0 Å². The molecule has 0 fully saturated rings. The van der Waals surface area contributed by atoms with Crippen molar-refractivity contribution in [2.24, 2.45) is 0 Å². The van der Waals surface area contributed by atoms with Crippen molar-refractivity contribution >= 4 is 23.5 Å². The Balaban J connectivity index is -0.00000000758. The predicted molar refractivity (Wildman–Crippen MR) is 22.8 cm³/mol. The molecule has 24 heteroatoms. The molecule has 0 aliphatic carbocycles. The summed E-state index contributed by atoms with van der Waals surface area (Å²) in [6.07, 6.45) is 0. The minimum Gasteiger partial charge on any atom is -0.822 e. The summed E-state index contributed by atoms with van der Waals surface area (Å²) in [4.78, 5) is 76.9. The standard InChI is InChI=1S/9Cs.3H3O4P/c;;;;;;;;;3*1-5(2,3)4/h;;;;;;;;;3*(H3,1,2,3,4)/q9*+1;;;/p-9. The van der Waals surface area contributed by atoms with E-state index >= 15 is 0 Å². The zero-order valence-electron chi connectivity index (χ0n) is 15.2. The van der Waals surface area contributed by atoms with Crippen LogP contribution in [0.3, 0.4) is 0 Å². The van der Waals surface area contributed by atoms with Gasteiger partial charge in [0.25, 0.3) is 0 Å². The molecule has 0 saturated heterocycles. The monoisotopic (exact) mass is 1480 g/mol. The summed E-state index contributed by atoms with van der Waals surface area (Å²) in [7, 11) is -16.2. The Hall–Kier alpha value is 18.8. The zero-order valence-corrected chi connectivity index (χ0v) is 74.4. The van der Waals surface area contributed by atoms with Crippen molar-refractivity contribution < 1.29 is 678 Å². The second-order valence-electron chi connectivity index (χ2n) is 1.34. The van der Waals surface area contributed by atoms with Crippen LogP contribution >= 0.6 is 23.5 Å². The van der Waals surface area contributed by atoms with Gasteiger partial charge in [0.05, 0.1) is 0 Å². The van der Waals surface area contributed by atoms with E-state index in [9.17, 15) is 0 Å². The summed E-state index contributed by atoms with van der Waals surface area (Å²) in [6, 6.07) is 0. The molecule has 0 heterocycles. The average molecular weight is 1480 g/mol. The van der Waals surface area contributed by atoms with E-state index in [2.05, 4.69) is 0 Å². The first-order chi connectivity index (χ1) is 6.00. The Morgan fingerprint density at radius 3 is 0.292 bits per heavy atom. The maximum Gasteiger partial charge on any atom is 1.00 e. The maximum atomic E-state index is 8.55. The molecule has 0 bridgehead atoms. The Kier molecular flexibility index (Phi) is 169. The summed E-state index contributed by atoms with van der Waals surface area (Å²) in [5, 5.41) is 0. The first-order valence-electron chi connectivity index (χ1n) is 2.19. The van der Waals surface area contributed by atoms with Gasteiger partial charge in [0.2, 0.25) is 0 Å². The predicted octanol–water partition coefficient (Wildman–Crippen LogP) is -35.4. The van der Waals surface area contributed by atoms with E-state index in [0.29, 0.717) is 0 Å². The molecule has 24 heavy (non-hydrogen) atoms. The Labute approximate surface area is 670 Å². The Bertz CT molecular complexity index is 220. The van der Waals surface area contributed by atoms with Crippen molar-refractivity contribution in [2.45, 2.75) is 0 Å². The topological polar surface area (TPSA) is 259 Å². The molecule has 0 atom stereocenters. The molecule has 0 saturated carbocycles. The minimum absolute atomic E-state index is 0. The van der Waals surface area contributed by atoms with E-state index in [0.717, 1.165) is 0 Å². The van der Waals surface area contributed by atoms with Crippen LogP contribution in [0.5, 0.6) is 0 Å². The fraction of sp³-hybridized carbons (Fsp3) is 0. The van der Waals surface area contributed by atoms with E-state index in [1.807, 2.05) is 0 Å². The van der Waals surface area contributed by atoms with Crippen molar-refractivity contribution in [1.29, 1.82) is 0 Å². The van der Waals surface area contributed by atoms with Crippen LogP contribution in [0.25, 0.3) is 0 Å². The van der Waals surface area contributed by atoms with Gasteiger partial charge in [-0.25, -0.2) is 0 Å². The normalized spacial score (nSPS) is 7.38. The smallest absolute Gasteiger partial charge is 0.822 e. The molecule has 0 N–H and O–H groups in total. The molecule has 12 nitrogen and oxygen atoms in total. The van der Waals surface area contributed by atoms with Crippen LogP contribution in [0.1, 0.15) is 0 Å². The number of hydrogen-bond acceptors (Lipinski definition) is 12. The van der Waals surface area contributed by atoms with Gasteiger partial charge in [0.1, 0.15) is 0 Å². The van der Waals surface area contributed by atoms with E-state index in [1.165, 1.54) is 0 Å². The second-order valence-corrected chi connectivity index (χ2v) is 4.02. The Morgan fingerprint density at radius 2 is 0.292 bits per heavy atom. The van der Waals surface area contributed by atoms with Crippen molar-refractivity contribution in [3.63, 3.8) is 0 Å². The van der Waals surface area contributed by atoms with E-state index in [4.69, 9.17) is 57.7 Å². The molecule has 0 rings (SSSR count). The van der Waals surface area contributed by atoms with Crippen molar-refractivity contribution in [3.8, 4) is 0 Å². The van der Waals surface area contributed by atoms with Crippen LogP contribution < -0.4 is 664 Å². The molecule has 0 unspecified atom stereocenters. The molecular weight excluding hydrogens is 1480 g/mol. The van der Waals surface area contributed by atoms with Crippen LogP contribution in [0.2, 0.25) is 0 Å². The van der Waals surface area contributed by atoms with Gasteiger partial charge in [-0.05, 0) is 0 Å². The van der Waals surface area contributed by atoms with Gasteiger partial charge in [-0.15, -0.1) is 0 Å². The molecule has 0 aromatic carbocycles. The fourth-order valence-electron chi connectivity index (χ4n) is 0. The zero-order chi connectivity index (χ0) is 13.5. The SMILES string of the molecule is O=P([O-])([O-])[O-].O=P([O-])([O-])[O-].O=P([O-])([O-])[O-].[Cs+].[Cs+].[Cs+].[Cs+].[Cs+].[Cs+].[Cs+].[Cs+].[Cs+]. The molecule has 0 amide bonds. The third-order valence-corrected chi connectivity index (χ3v) is 0. The molecule has 96 valence electrons. The van der Waals surface area contributed by atoms with Crippen LogP contribution in [-0.4, -0.2) is 0 Å². The molecule has 0 aliphatic rings. The maximum absolute atomic E-state index is 8.55. The van der Waals surface area contributed by atoms with Gasteiger partial charge in [-0.3, -0.25) is 0 Å². The van der Waals surface area contributed by atoms with Gasteiger partial charge in [0, 0.05) is 0 Å². The first-order valence-corrected chi connectivity index (χ1v) is 6.57. The van der Waals surface area contributed by atoms with Crippen LogP contribution in [0.4, 0.5) is 0 Å². The van der Waals surface area contributed by atoms with Gasteiger partial charge in [-0.1, -0.05) is 0 Å². The van der Waals surface area contributed by atoms with E-state index < -0.39 is 23.5 Å². The van der Waals surface area contributed by atoms with Crippen molar-refractivity contribution in [1.82, 2.24) is 0 Å². The van der Waals surface area contributed by atoms with Gasteiger partial charge >= 0.3 is 620 Å². The first kappa shape index (κ1) is 78.8. The third-order valence-electron chi connectivity index (χ3n) is 0. The fourth-order valence-corrected chi connectivity index (χ4v) is 0. The molecule has 0 spiro atoms. The van der Waals surface area contributed by atoms with E-state index in [1.54, 1.807) is 0 Å². The molecule has 0 aromatic rings. The molecule has 0 radical (unpaired) electrons. The van der Waals surface area contributed by atoms with Gasteiger partial charge in [-0.2, -0.15) is 23.5 Å². The number of rotatable bonds is 0. The minimum atomic E-state index is -5.39. The third kappa shape index (κ3) is 183. The van der Waals surface area contributed by atoms with Crippen LogP contribution in [0.15, 0.2) is 0 Å². The molecule has 0 aromatic heterocycles. The summed E-state index contributed by atoms with van der Waals surface area (Å²) >= 11 is 0.